The average Bonchev–Trinajstić information content (AvgIpc) is 2.45. The molecule has 1 aromatic rings. The van der Waals surface area contributed by atoms with Crippen LogP contribution in [-0.2, 0) is 28.9 Å². The zero-order valence-corrected chi connectivity index (χ0v) is 14.7. The van der Waals surface area contributed by atoms with E-state index in [2.05, 4.69) is 22.8 Å². The van der Waals surface area contributed by atoms with Gasteiger partial charge in [-0.3, -0.25) is 9.59 Å². The first kappa shape index (κ1) is 17.5. The Kier molecular flexibility index (Phi) is 5.45. The number of carbonyl (C=O) groups is 2. The summed E-state index contributed by atoms with van der Waals surface area (Å²) in [7, 11) is 0. The van der Waals surface area contributed by atoms with Crippen LogP contribution in [-0.4, -0.2) is 23.4 Å². The number of aryl methyl sites for hydroxylation is 2. The van der Waals surface area contributed by atoms with E-state index in [-0.39, 0.29) is 17.4 Å². The van der Waals surface area contributed by atoms with E-state index in [1.165, 1.54) is 24.0 Å². The van der Waals surface area contributed by atoms with Crippen molar-refractivity contribution in [1.29, 1.82) is 0 Å². The SMILES string of the molecule is CC(NC(=O)Cc1ccc2c(c1)CCCC2)C(=O)NC(C)(C)C. The van der Waals surface area contributed by atoms with Gasteiger partial charge in [0.2, 0.25) is 11.8 Å². The Morgan fingerprint density at radius 3 is 2.43 bits per heavy atom. The van der Waals surface area contributed by atoms with Crippen molar-refractivity contribution in [3.8, 4) is 0 Å². The predicted molar refractivity (Wildman–Crippen MR) is 92.3 cm³/mol. The lowest BCUT2D eigenvalue weighted by Crippen LogP contribution is -2.51. The lowest BCUT2D eigenvalue weighted by molar-refractivity contribution is -0.129. The minimum atomic E-state index is -0.528. The molecule has 0 bridgehead atoms. The Morgan fingerprint density at radius 2 is 1.78 bits per heavy atom. The summed E-state index contributed by atoms with van der Waals surface area (Å²) in [6.07, 6.45) is 5.06. The zero-order valence-electron chi connectivity index (χ0n) is 14.7. The maximum atomic E-state index is 12.2. The number of hydrogen-bond acceptors (Lipinski definition) is 2. The third kappa shape index (κ3) is 5.38. The molecular formula is C19H28N2O2. The van der Waals surface area contributed by atoms with Crippen molar-refractivity contribution < 1.29 is 9.59 Å². The topological polar surface area (TPSA) is 58.2 Å². The lowest BCUT2D eigenvalue weighted by atomic mass is 9.90. The zero-order chi connectivity index (χ0) is 17.0. The number of amides is 2. The van der Waals surface area contributed by atoms with Gasteiger partial charge in [0, 0.05) is 5.54 Å². The van der Waals surface area contributed by atoms with Crippen LogP contribution in [0.15, 0.2) is 18.2 Å². The van der Waals surface area contributed by atoms with E-state index >= 15 is 0 Å². The van der Waals surface area contributed by atoms with E-state index in [4.69, 9.17) is 0 Å². The van der Waals surface area contributed by atoms with Crippen LogP contribution in [0.1, 0.15) is 57.2 Å². The van der Waals surface area contributed by atoms with Gasteiger partial charge in [-0.15, -0.1) is 0 Å². The molecule has 0 aliphatic heterocycles. The van der Waals surface area contributed by atoms with Gasteiger partial charge in [0.05, 0.1) is 6.42 Å². The summed E-state index contributed by atoms with van der Waals surface area (Å²) < 4.78 is 0. The molecule has 2 rings (SSSR count). The van der Waals surface area contributed by atoms with E-state index in [1.54, 1.807) is 6.92 Å². The summed E-state index contributed by atoms with van der Waals surface area (Å²) in [6, 6.07) is 5.80. The van der Waals surface area contributed by atoms with Gasteiger partial charge in [-0.1, -0.05) is 18.2 Å². The van der Waals surface area contributed by atoms with Crippen molar-refractivity contribution in [2.75, 3.05) is 0 Å². The quantitative estimate of drug-likeness (QED) is 0.897. The van der Waals surface area contributed by atoms with Crippen LogP contribution in [0.3, 0.4) is 0 Å². The van der Waals surface area contributed by atoms with Crippen LogP contribution in [0.2, 0.25) is 0 Å². The standard InChI is InChI=1S/C19H28N2O2/c1-13(18(23)21-19(2,3)4)20-17(22)12-14-9-10-15-7-5-6-8-16(15)11-14/h9-11,13H,5-8,12H2,1-4H3,(H,20,22)(H,21,23). The molecule has 0 aromatic heterocycles. The van der Waals surface area contributed by atoms with E-state index in [1.807, 2.05) is 26.8 Å². The fourth-order valence-electron chi connectivity index (χ4n) is 2.92. The smallest absolute Gasteiger partial charge is 0.242 e. The maximum Gasteiger partial charge on any atom is 0.242 e. The molecule has 0 saturated carbocycles. The Bertz CT molecular complexity index is 588. The van der Waals surface area contributed by atoms with Gasteiger partial charge >= 0.3 is 0 Å². The summed E-state index contributed by atoms with van der Waals surface area (Å²) in [5.74, 6) is -0.270. The van der Waals surface area contributed by atoms with E-state index in [0.29, 0.717) is 6.42 Å². The molecule has 4 heteroatoms. The molecule has 126 valence electrons. The number of carbonyl (C=O) groups excluding carboxylic acids is 2. The minimum absolute atomic E-state index is 0.114. The third-order valence-electron chi connectivity index (χ3n) is 4.05. The molecule has 4 nitrogen and oxygen atoms in total. The molecule has 2 N–H and O–H groups in total. The van der Waals surface area contributed by atoms with Crippen LogP contribution in [0.25, 0.3) is 0 Å². The monoisotopic (exact) mass is 316 g/mol. The first-order chi connectivity index (χ1) is 10.7. The normalized spacial score (nSPS) is 15.5. The Hall–Kier alpha value is -1.84. The second-order valence-corrected chi connectivity index (χ2v) is 7.52. The van der Waals surface area contributed by atoms with Crippen LogP contribution in [0.4, 0.5) is 0 Å². The molecule has 1 aliphatic rings. The van der Waals surface area contributed by atoms with Gasteiger partial charge in [-0.2, -0.15) is 0 Å². The van der Waals surface area contributed by atoms with Gasteiger partial charge in [-0.25, -0.2) is 0 Å². The molecule has 1 aliphatic carbocycles. The summed E-state index contributed by atoms with van der Waals surface area (Å²) in [5, 5.41) is 5.66. The van der Waals surface area contributed by atoms with Gasteiger partial charge in [0.25, 0.3) is 0 Å². The first-order valence-electron chi connectivity index (χ1n) is 8.47. The third-order valence-corrected chi connectivity index (χ3v) is 4.05. The summed E-state index contributed by atoms with van der Waals surface area (Å²) in [5.41, 5.74) is 3.51. The lowest BCUT2D eigenvalue weighted by Gasteiger charge is -2.23. The van der Waals surface area contributed by atoms with Crippen molar-refractivity contribution in [2.24, 2.45) is 0 Å². The van der Waals surface area contributed by atoms with Gasteiger partial charge in [-0.05, 0) is 70.1 Å². The largest absolute Gasteiger partial charge is 0.350 e. The van der Waals surface area contributed by atoms with Crippen LogP contribution < -0.4 is 10.6 Å². The van der Waals surface area contributed by atoms with Gasteiger partial charge in [0.15, 0.2) is 0 Å². The van der Waals surface area contributed by atoms with Crippen molar-refractivity contribution >= 4 is 11.8 Å². The number of rotatable bonds is 4. The van der Waals surface area contributed by atoms with Gasteiger partial charge in [0.1, 0.15) is 6.04 Å². The molecule has 2 amide bonds. The molecule has 0 radical (unpaired) electrons. The summed E-state index contributed by atoms with van der Waals surface area (Å²) in [6.45, 7) is 7.48. The highest BCUT2D eigenvalue weighted by Crippen LogP contribution is 2.22. The van der Waals surface area contributed by atoms with Crippen LogP contribution in [0, 0.1) is 0 Å². The molecule has 0 heterocycles. The minimum Gasteiger partial charge on any atom is -0.350 e. The van der Waals surface area contributed by atoms with E-state index < -0.39 is 6.04 Å². The van der Waals surface area contributed by atoms with Crippen molar-refractivity contribution in [3.63, 3.8) is 0 Å². The highest BCUT2D eigenvalue weighted by Gasteiger charge is 2.20. The molecule has 1 aromatic carbocycles. The van der Waals surface area contributed by atoms with Crippen molar-refractivity contribution in [3.05, 3.63) is 34.9 Å². The molecule has 1 unspecified atom stereocenters. The summed E-state index contributed by atoms with van der Waals surface area (Å²) in [4.78, 5) is 24.2. The summed E-state index contributed by atoms with van der Waals surface area (Å²) >= 11 is 0. The van der Waals surface area contributed by atoms with E-state index in [9.17, 15) is 9.59 Å². The fourth-order valence-corrected chi connectivity index (χ4v) is 2.92. The second-order valence-electron chi connectivity index (χ2n) is 7.52. The Morgan fingerprint density at radius 1 is 1.13 bits per heavy atom. The van der Waals surface area contributed by atoms with Crippen molar-refractivity contribution in [2.45, 2.75) is 71.4 Å². The number of fused-ring (bicyclic) bond motifs is 1. The molecule has 0 spiro atoms. The molecule has 23 heavy (non-hydrogen) atoms. The number of hydrogen-bond donors (Lipinski definition) is 2. The Balaban J connectivity index is 1.90. The Labute approximate surface area is 139 Å². The second kappa shape index (κ2) is 7.16. The fraction of sp³-hybridized carbons (Fsp3) is 0.579. The van der Waals surface area contributed by atoms with Crippen LogP contribution in [0.5, 0.6) is 0 Å². The highest BCUT2D eigenvalue weighted by molar-refractivity contribution is 5.88. The first-order valence-corrected chi connectivity index (χ1v) is 8.47. The highest BCUT2D eigenvalue weighted by atomic mass is 16.2. The van der Waals surface area contributed by atoms with Crippen molar-refractivity contribution in [1.82, 2.24) is 10.6 Å². The average molecular weight is 316 g/mol. The number of nitrogens with one attached hydrogen (secondary N) is 2. The maximum absolute atomic E-state index is 12.2. The van der Waals surface area contributed by atoms with Gasteiger partial charge < -0.3 is 10.6 Å². The predicted octanol–water partition coefficient (Wildman–Crippen LogP) is 2.53. The number of benzene rings is 1. The molecular weight excluding hydrogens is 288 g/mol. The molecule has 1 atom stereocenters. The van der Waals surface area contributed by atoms with E-state index in [0.717, 1.165) is 18.4 Å². The molecule has 0 saturated heterocycles. The molecule has 0 fully saturated rings. The van der Waals surface area contributed by atoms with Crippen LogP contribution >= 0.6 is 0 Å².